The topological polar surface area (TPSA) is 30.0 Å². The van der Waals surface area contributed by atoms with Crippen molar-refractivity contribution in [1.82, 2.24) is 4.98 Å². The van der Waals surface area contributed by atoms with Gasteiger partial charge in [-0.2, -0.15) is 13.2 Å². The molecule has 0 amide bonds. The lowest BCUT2D eigenvalue weighted by Crippen LogP contribution is -2.06. The van der Waals surface area contributed by atoms with Gasteiger partial charge in [0, 0.05) is 18.2 Å². The summed E-state index contributed by atoms with van der Waals surface area (Å²) in [6.45, 7) is 0. The monoisotopic (exact) mass is 299 g/mol. The van der Waals surface area contributed by atoms with Crippen LogP contribution in [0.1, 0.15) is 11.1 Å². The minimum Gasteiger partial charge on any atom is -0.303 e. The highest BCUT2D eigenvalue weighted by atomic mass is 35.5. The molecule has 20 heavy (non-hydrogen) atoms. The van der Waals surface area contributed by atoms with Crippen molar-refractivity contribution >= 4 is 17.9 Å². The largest absolute Gasteiger partial charge is 0.417 e. The molecule has 1 aromatic heterocycles. The second-order valence-electron chi connectivity index (χ2n) is 4.08. The molecule has 0 unspecified atom stereocenters. The second kappa shape index (κ2) is 5.63. The van der Waals surface area contributed by atoms with Gasteiger partial charge in [0.05, 0.1) is 16.3 Å². The molecule has 2 rings (SSSR count). The number of nitrogens with zero attached hydrogens (tertiary/aromatic N) is 1. The van der Waals surface area contributed by atoms with Crippen LogP contribution in [0.3, 0.4) is 0 Å². The molecule has 6 heteroatoms. The molecule has 0 aliphatic rings. The Hall–Kier alpha value is -1.88. The Labute approximate surface area is 118 Å². The van der Waals surface area contributed by atoms with Crippen LogP contribution in [0.5, 0.6) is 0 Å². The van der Waals surface area contributed by atoms with Gasteiger partial charge in [0.25, 0.3) is 0 Å². The quantitative estimate of drug-likeness (QED) is 0.797. The summed E-state index contributed by atoms with van der Waals surface area (Å²) in [4.78, 5) is 14.4. The molecule has 104 valence electrons. The summed E-state index contributed by atoms with van der Waals surface area (Å²) in [5.41, 5.74) is 0.547. The van der Waals surface area contributed by atoms with Gasteiger partial charge < -0.3 is 4.79 Å². The fraction of sp³-hybridized carbons (Fsp3) is 0.143. The van der Waals surface area contributed by atoms with Crippen molar-refractivity contribution in [3.8, 4) is 11.3 Å². The van der Waals surface area contributed by atoms with E-state index in [1.165, 1.54) is 0 Å². The molecule has 2 aromatic rings. The number of carbonyl (C=O) groups excluding carboxylic acids is 1. The maximum absolute atomic E-state index is 12.6. The van der Waals surface area contributed by atoms with Crippen molar-refractivity contribution < 1.29 is 18.0 Å². The van der Waals surface area contributed by atoms with Crippen LogP contribution in [0.4, 0.5) is 13.2 Å². The third-order valence-corrected chi connectivity index (χ3v) is 3.03. The molecular weight excluding hydrogens is 291 g/mol. The molecule has 0 bridgehead atoms. The number of rotatable bonds is 3. The van der Waals surface area contributed by atoms with E-state index in [1.807, 2.05) is 0 Å². The maximum atomic E-state index is 12.6. The SMILES string of the molecule is O=CCc1ccccc1-c1ncc(C(F)(F)F)cc1Cl. The van der Waals surface area contributed by atoms with Gasteiger partial charge in [-0.05, 0) is 11.6 Å². The molecule has 0 aliphatic heterocycles. The van der Waals surface area contributed by atoms with Gasteiger partial charge in [0.2, 0.25) is 0 Å². The van der Waals surface area contributed by atoms with Crippen LogP contribution in [0.25, 0.3) is 11.3 Å². The Kier molecular flexibility index (Phi) is 4.09. The first-order valence-electron chi connectivity index (χ1n) is 5.68. The fourth-order valence-electron chi connectivity index (χ4n) is 1.81. The number of halogens is 4. The number of hydrogen-bond donors (Lipinski definition) is 0. The molecule has 0 N–H and O–H groups in total. The number of aldehydes is 1. The molecule has 0 atom stereocenters. The maximum Gasteiger partial charge on any atom is 0.417 e. The number of carbonyl (C=O) groups is 1. The predicted molar refractivity (Wildman–Crippen MR) is 69.5 cm³/mol. The van der Waals surface area contributed by atoms with Crippen LogP contribution in [0, 0.1) is 0 Å². The van der Waals surface area contributed by atoms with E-state index in [9.17, 15) is 18.0 Å². The van der Waals surface area contributed by atoms with Crippen molar-refractivity contribution in [1.29, 1.82) is 0 Å². The Morgan fingerprint density at radius 2 is 1.95 bits per heavy atom. The van der Waals surface area contributed by atoms with Crippen molar-refractivity contribution in [3.05, 3.63) is 52.7 Å². The van der Waals surface area contributed by atoms with E-state index in [4.69, 9.17) is 11.6 Å². The molecule has 1 heterocycles. The van der Waals surface area contributed by atoms with Crippen molar-refractivity contribution in [2.75, 3.05) is 0 Å². The van der Waals surface area contributed by atoms with Crippen LogP contribution in [-0.2, 0) is 17.4 Å². The van der Waals surface area contributed by atoms with Crippen LogP contribution < -0.4 is 0 Å². The lowest BCUT2D eigenvalue weighted by atomic mass is 10.0. The van der Waals surface area contributed by atoms with E-state index in [2.05, 4.69) is 4.98 Å². The lowest BCUT2D eigenvalue weighted by molar-refractivity contribution is -0.137. The molecule has 0 fully saturated rings. The second-order valence-corrected chi connectivity index (χ2v) is 4.49. The highest BCUT2D eigenvalue weighted by molar-refractivity contribution is 6.33. The molecule has 0 saturated heterocycles. The highest BCUT2D eigenvalue weighted by Crippen LogP contribution is 2.34. The van der Waals surface area contributed by atoms with Gasteiger partial charge in [-0.3, -0.25) is 4.98 Å². The summed E-state index contributed by atoms with van der Waals surface area (Å²) < 4.78 is 37.7. The average molecular weight is 300 g/mol. The smallest absolute Gasteiger partial charge is 0.303 e. The average Bonchev–Trinajstić information content (AvgIpc) is 2.39. The number of benzene rings is 1. The molecular formula is C14H9ClF3NO. The summed E-state index contributed by atoms with van der Waals surface area (Å²) in [6.07, 6.45) is -2.89. The third-order valence-electron chi connectivity index (χ3n) is 2.74. The first-order chi connectivity index (χ1) is 9.43. The molecule has 1 aromatic carbocycles. The van der Waals surface area contributed by atoms with Gasteiger partial charge >= 0.3 is 6.18 Å². The Morgan fingerprint density at radius 1 is 1.25 bits per heavy atom. The minimum absolute atomic E-state index is 0.0989. The summed E-state index contributed by atoms with van der Waals surface area (Å²) in [7, 11) is 0. The third kappa shape index (κ3) is 2.99. The molecule has 0 saturated carbocycles. The van der Waals surface area contributed by atoms with E-state index in [-0.39, 0.29) is 17.1 Å². The van der Waals surface area contributed by atoms with E-state index in [1.54, 1.807) is 24.3 Å². The minimum atomic E-state index is -4.49. The number of aromatic nitrogens is 1. The summed E-state index contributed by atoms with van der Waals surface area (Å²) in [5.74, 6) is 0. The van der Waals surface area contributed by atoms with Crippen molar-refractivity contribution in [2.24, 2.45) is 0 Å². The zero-order chi connectivity index (χ0) is 14.8. The van der Waals surface area contributed by atoms with E-state index >= 15 is 0 Å². The lowest BCUT2D eigenvalue weighted by Gasteiger charge is -2.11. The van der Waals surface area contributed by atoms with Crippen LogP contribution >= 0.6 is 11.6 Å². The molecule has 0 radical (unpaired) electrons. The zero-order valence-corrected chi connectivity index (χ0v) is 10.9. The first kappa shape index (κ1) is 14.5. The number of alkyl halides is 3. The Morgan fingerprint density at radius 3 is 2.55 bits per heavy atom. The Bertz CT molecular complexity index is 641. The standard InChI is InChI=1S/C14H9ClF3NO/c15-12-7-10(14(16,17)18)8-19-13(12)11-4-2-1-3-9(11)5-6-20/h1-4,6-8H,5H2. The van der Waals surface area contributed by atoms with Crippen LogP contribution in [0.2, 0.25) is 5.02 Å². The molecule has 0 spiro atoms. The number of hydrogen-bond acceptors (Lipinski definition) is 2. The summed E-state index contributed by atoms with van der Waals surface area (Å²) in [6, 6.07) is 7.65. The van der Waals surface area contributed by atoms with Crippen LogP contribution in [-0.4, -0.2) is 11.3 Å². The first-order valence-corrected chi connectivity index (χ1v) is 6.06. The van der Waals surface area contributed by atoms with Gasteiger partial charge in [-0.25, -0.2) is 0 Å². The van der Waals surface area contributed by atoms with Gasteiger partial charge in [0.15, 0.2) is 0 Å². The predicted octanol–water partition coefficient (Wildman–Crippen LogP) is 4.16. The van der Waals surface area contributed by atoms with Gasteiger partial charge in [-0.15, -0.1) is 0 Å². The molecule has 2 nitrogen and oxygen atoms in total. The number of pyridine rings is 1. The summed E-state index contributed by atoms with van der Waals surface area (Å²) in [5, 5.41) is -0.0989. The van der Waals surface area contributed by atoms with Crippen molar-refractivity contribution in [3.63, 3.8) is 0 Å². The van der Waals surface area contributed by atoms with E-state index < -0.39 is 11.7 Å². The zero-order valence-electron chi connectivity index (χ0n) is 10.1. The normalized spacial score (nSPS) is 11.4. The van der Waals surface area contributed by atoms with E-state index in [0.717, 1.165) is 18.5 Å². The Balaban J connectivity index is 2.52. The molecule has 0 aliphatic carbocycles. The van der Waals surface area contributed by atoms with Crippen LogP contribution in [0.15, 0.2) is 36.5 Å². The van der Waals surface area contributed by atoms with Gasteiger partial charge in [0.1, 0.15) is 6.29 Å². The highest BCUT2D eigenvalue weighted by Gasteiger charge is 2.31. The van der Waals surface area contributed by atoms with E-state index in [0.29, 0.717) is 11.1 Å². The van der Waals surface area contributed by atoms with Gasteiger partial charge in [-0.1, -0.05) is 35.9 Å². The fourth-order valence-corrected chi connectivity index (χ4v) is 2.08. The summed E-state index contributed by atoms with van der Waals surface area (Å²) >= 11 is 5.89. The van der Waals surface area contributed by atoms with Crippen molar-refractivity contribution in [2.45, 2.75) is 12.6 Å².